The van der Waals surface area contributed by atoms with Crippen molar-refractivity contribution in [1.29, 1.82) is 0 Å². The highest BCUT2D eigenvalue weighted by molar-refractivity contribution is 7.90. The molecular weight excluding hydrogens is 445 g/mol. The summed E-state index contributed by atoms with van der Waals surface area (Å²) in [5.74, 6) is -1.30. The summed E-state index contributed by atoms with van der Waals surface area (Å²) in [6.07, 6.45) is 1.32. The van der Waals surface area contributed by atoms with Crippen LogP contribution in [0.2, 0.25) is 5.28 Å². The van der Waals surface area contributed by atoms with Gasteiger partial charge in [0.25, 0.3) is 15.9 Å². The molecule has 4 rings (SSSR count). The van der Waals surface area contributed by atoms with Crippen LogP contribution in [-0.4, -0.2) is 28.3 Å². The zero-order valence-corrected chi connectivity index (χ0v) is 17.6. The lowest BCUT2D eigenvalue weighted by Crippen LogP contribution is -2.14. The number of nitrogens with zero attached hydrogens (tertiary/aromatic N) is 3. The number of aromatic nitrogens is 3. The van der Waals surface area contributed by atoms with Crippen LogP contribution in [0.3, 0.4) is 0 Å². The van der Waals surface area contributed by atoms with Gasteiger partial charge in [-0.2, -0.15) is 9.97 Å². The molecule has 0 aliphatic heterocycles. The van der Waals surface area contributed by atoms with Gasteiger partial charge >= 0.3 is 0 Å². The number of rotatable bonds is 5. The van der Waals surface area contributed by atoms with Crippen molar-refractivity contribution in [2.75, 3.05) is 5.32 Å². The SMILES string of the molecule is Cc1ccc(S(=O)(=O)n2ccc3c(Nc4cc(F)ccc4C(N)=O)nc(Cl)nc32)cc1. The molecular formula is C20H15ClFN5O3S. The van der Waals surface area contributed by atoms with Gasteiger partial charge in [-0.15, -0.1) is 0 Å². The summed E-state index contributed by atoms with van der Waals surface area (Å²) in [6.45, 7) is 1.85. The highest BCUT2D eigenvalue weighted by atomic mass is 35.5. The van der Waals surface area contributed by atoms with Crippen LogP contribution in [0.4, 0.5) is 15.9 Å². The van der Waals surface area contributed by atoms with Crippen LogP contribution < -0.4 is 11.1 Å². The molecule has 0 spiro atoms. The Morgan fingerprint density at radius 2 is 1.84 bits per heavy atom. The topological polar surface area (TPSA) is 120 Å². The fourth-order valence-electron chi connectivity index (χ4n) is 3.04. The van der Waals surface area contributed by atoms with Crippen LogP contribution in [0.25, 0.3) is 11.0 Å². The van der Waals surface area contributed by atoms with Crippen LogP contribution in [0.15, 0.2) is 59.6 Å². The average molecular weight is 460 g/mol. The van der Waals surface area contributed by atoms with Gasteiger partial charge in [0.05, 0.1) is 21.5 Å². The number of hydrogen-bond donors (Lipinski definition) is 2. The van der Waals surface area contributed by atoms with Crippen molar-refractivity contribution in [2.24, 2.45) is 5.73 Å². The van der Waals surface area contributed by atoms with E-state index in [-0.39, 0.29) is 32.9 Å². The largest absolute Gasteiger partial charge is 0.366 e. The molecule has 0 fully saturated rings. The number of amides is 1. The Kier molecular flexibility index (Phi) is 5.11. The van der Waals surface area contributed by atoms with Gasteiger partial charge in [-0.1, -0.05) is 17.7 Å². The van der Waals surface area contributed by atoms with Crippen LogP contribution in [0, 0.1) is 12.7 Å². The van der Waals surface area contributed by atoms with Gasteiger partial charge < -0.3 is 11.1 Å². The van der Waals surface area contributed by atoms with E-state index in [2.05, 4.69) is 15.3 Å². The van der Waals surface area contributed by atoms with Crippen molar-refractivity contribution in [3.8, 4) is 0 Å². The summed E-state index contributed by atoms with van der Waals surface area (Å²) in [5, 5.41) is 2.85. The molecule has 158 valence electrons. The maximum absolute atomic E-state index is 13.7. The summed E-state index contributed by atoms with van der Waals surface area (Å²) in [6, 6.07) is 11.2. The maximum atomic E-state index is 13.7. The number of aryl methyl sites for hydroxylation is 1. The molecule has 0 unspecified atom stereocenters. The summed E-state index contributed by atoms with van der Waals surface area (Å²) in [4.78, 5) is 19.9. The molecule has 2 aromatic carbocycles. The third-order valence-corrected chi connectivity index (χ3v) is 6.41. The monoisotopic (exact) mass is 459 g/mol. The second-order valence-corrected chi connectivity index (χ2v) is 8.84. The summed E-state index contributed by atoms with van der Waals surface area (Å²) in [5.41, 5.74) is 6.36. The third-order valence-electron chi connectivity index (χ3n) is 4.56. The van der Waals surface area contributed by atoms with Gasteiger partial charge in [-0.05, 0) is 54.9 Å². The number of fused-ring (bicyclic) bond motifs is 1. The molecule has 8 nitrogen and oxygen atoms in total. The zero-order chi connectivity index (χ0) is 22.3. The lowest BCUT2D eigenvalue weighted by molar-refractivity contribution is 0.100. The lowest BCUT2D eigenvalue weighted by Gasteiger charge is -2.12. The van der Waals surface area contributed by atoms with Gasteiger partial charge in [0.2, 0.25) is 5.28 Å². The average Bonchev–Trinajstić information content (AvgIpc) is 3.13. The fourth-order valence-corrected chi connectivity index (χ4v) is 4.50. The fraction of sp³-hybridized carbons (Fsp3) is 0.0500. The van der Waals surface area contributed by atoms with Gasteiger partial charge in [-0.25, -0.2) is 16.8 Å². The molecule has 11 heteroatoms. The second kappa shape index (κ2) is 7.64. The molecule has 31 heavy (non-hydrogen) atoms. The molecule has 4 aromatic rings. The van der Waals surface area contributed by atoms with Crippen molar-refractivity contribution in [2.45, 2.75) is 11.8 Å². The van der Waals surface area contributed by atoms with E-state index in [1.165, 1.54) is 30.5 Å². The molecule has 0 saturated carbocycles. The lowest BCUT2D eigenvalue weighted by atomic mass is 10.1. The number of carbonyl (C=O) groups excluding carboxylic acids is 1. The van der Waals surface area contributed by atoms with Gasteiger partial charge in [0, 0.05) is 6.20 Å². The molecule has 0 aliphatic rings. The van der Waals surface area contributed by atoms with Crippen LogP contribution >= 0.6 is 11.6 Å². The molecule has 3 N–H and O–H groups in total. The van der Waals surface area contributed by atoms with Crippen molar-refractivity contribution < 1.29 is 17.6 Å². The predicted molar refractivity (Wildman–Crippen MR) is 115 cm³/mol. The normalized spacial score (nSPS) is 11.6. The highest BCUT2D eigenvalue weighted by Gasteiger charge is 2.22. The molecule has 0 radical (unpaired) electrons. The molecule has 2 aromatic heterocycles. The first-order chi connectivity index (χ1) is 14.7. The van der Waals surface area contributed by atoms with E-state index in [1.807, 2.05) is 6.92 Å². The minimum Gasteiger partial charge on any atom is -0.366 e. The first-order valence-corrected chi connectivity index (χ1v) is 10.7. The molecule has 0 atom stereocenters. The van der Waals surface area contributed by atoms with Crippen LogP contribution in [-0.2, 0) is 10.0 Å². The molecule has 0 saturated heterocycles. The first kappa shape index (κ1) is 20.8. The summed E-state index contributed by atoms with van der Waals surface area (Å²) < 4.78 is 41.0. The number of nitrogens with one attached hydrogen (secondary N) is 1. The Balaban J connectivity index is 1.86. The maximum Gasteiger partial charge on any atom is 0.269 e. The Labute approximate surface area is 181 Å². The molecule has 0 bridgehead atoms. The van der Waals surface area contributed by atoms with Gasteiger partial charge in [0.1, 0.15) is 11.6 Å². The second-order valence-electron chi connectivity index (χ2n) is 6.69. The van der Waals surface area contributed by atoms with Gasteiger partial charge in [-0.3, -0.25) is 4.79 Å². The number of hydrogen-bond acceptors (Lipinski definition) is 6. The minimum absolute atomic E-state index is 0.0140. The van der Waals surface area contributed by atoms with Crippen molar-refractivity contribution in [3.63, 3.8) is 0 Å². The zero-order valence-electron chi connectivity index (χ0n) is 16.0. The van der Waals surface area contributed by atoms with Crippen molar-refractivity contribution in [1.82, 2.24) is 13.9 Å². The Morgan fingerprint density at radius 3 is 2.52 bits per heavy atom. The van der Waals surface area contributed by atoms with Crippen molar-refractivity contribution in [3.05, 3.63) is 77.0 Å². The van der Waals surface area contributed by atoms with Gasteiger partial charge in [0.15, 0.2) is 5.65 Å². The number of benzene rings is 2. The predicted octanol–water partition coefficient (Wildman–Crippen LogP) is 3.61. The van der Waals surface area contributed by atoms with E-state index in [0.717, 1.165) is 21.7 Å². The smallest absolute Gasteiger partial charge is 0.269 e. The summed E-state index contributed by atoms with van der Waals surface area (Å²) >= 11 is 6.03. The number of nitrogens with two attached hydrogens (primary N) is 1. The number of carbonyl (C=O) groups is 1. The van der Waals surface area contributed by atoms with Crippen molar-refractivity contribution >= 4 is 50.1 Å². The molecule has 1 amide bonds. The molecule has 0 aliphatic carbocycles. The summed E-state index contributed by atoms with van der Waals surface area (Å²) in [7, 11) is -3.97. The van der Waals surface area contributed by atoms with E-state index >= 15 is 0 Å². The Morgan fingerprint density at radius 1 is 1.13 bits per heavy atom. The van der Waals surface area contributed by atoms with E-state index in [9.17, 15) is 17.6 Å². The first-order valence-electron chi connectivity index (χ1n) is 8.90. The minimum atomic E-state index is -3.97. The standard InChI is InChI=1S/C20H15ClFN5O3S/c1-11-2-5-13(6-3-11)31(29,30)27-9-8-15-18(25-20(21)26-19(15)27)24-16-10-12(22)4-7-14(16)17(23)28/h2-10H,1H3,(H2,23,28)(H,24,25,26). The van der Waals surface area contributed by atoms with E-state index < -0.39 is 21.7 Å². The van der Waals surface area contributed by atoms with E-state index in [0.29, 0.717) is 5.39 Å². The van der Waals surface area contributed by atoms with Crippen LogP contribution in [0.5, 0.6) is 0 Å². The molecule has 2 heterocycles. The van der Waals surface area contributed by atoms with E-state index in [1.54, 1.807) is 12.1 Å². The number of halogens is 2. The number of anilines is 2. The Bertz CT molecular complexity index is 1440. The number of primary amides is 1. The quantitative estimate of drug-likeness (QED) is 0.440. The Hall–Kier alpha value is -3.50. The van der Waals surface area contributed by atoms with Crippen LogP contribution in [0.1, 0.15) is 15.9 Å². The third kappa shape index (κ3) is 3.82. The highest BCUT2D eigenvalue weighted by Crippen LogP contribution is 2.30. The van der Waals surface area contributed by atoms with E-state index in [4.69, 9.17) is 17.3 Å².